The van der Waals surface area contributed by atoms with Gasteiger partial charge in [0.05, 0.1) is 25.1 Å². The van der Waals surface area contributed by atoms with E-state index >= 15 is 0 Å². The number of nitrogens with one attached hydrogen (secondary N) is 1. The number of rotatable bonds is 4. The zero-order valence-corrected chi connectivity index (χ0v) is 16.7. The molecule has 1 spiro atoms. The molecule has 5 nitrogen and oxygen atoms in total. The normalized spacial score (nSPS) is 30.1. The average Bonchev–Trinajstić information content (AvgIpc) is 3.39. The molecule has 2 saturated carbocycles. The highest BCUT2D eigenvalue weighted by molar-refractivity contribution is 6.00. The summed E-state index contributed by atoms with van der Waals surface area (Å²) in [5.41, 5.74) is 1.10. The van der Waals surface area contributed by atoms with Crippen molar-refractivity contribution >= 4 is 11.7 Å². The third kappa shape index (κ3) is 2.83. The van der Waals surface area contributed by atoms with Crippen LogP contribution < -0.4 is 14.8 Å². The fourth-order valence-electron chi connectivity index (χ4n) is 5.53. The minimum atomic E-state index is -0.522. The molecule has 1 N–H and O–H groups in total. The highest BCUT2D eigenvalue weighted by Crippen LogP contribution is 2.65. The van der Waals surface area contributed by atoms with E-state index in [2.05, 4.69) is 5.32 Å². The number of carbonyl (C=O) groups excluding carboxylic acids is 2. The number of carbonyl (C=O) groups is 2. The summed E-state index contributed by atoms with van der Waals surface area (Å²) in [7, 11) is 1.64. The van der Waals surface area contributed by atoms with Crippen LogP contribution in [0.3, 0.4) is 0 Å². The Morgan fingerprint density at radius 2 is 1.97 bits per heavy atom. The van der Waals surface area contributed by atoms with Gasteiger partial charge in [-0.15, -0.1) is 0 Å². The predicted molar refractivity (Wildman–Crippen MR) is 108 cm³/mol. The summed E-state index contributed by atoms with van der Waals surface area (Å²) in [6, 6.07) is 15.0. The highest BCUT2D eigenvalue weighted by atomic mass is 16.5. The van der Waals surface area contributed by atoms with E-state index in [0.29, 0.717) is 23.7 Å². The Labute approximate surface area is 170 Å². The van der Waals surface area contributed by atoms with E-state index in [1.165, 1.54) is 0 Å². The number of para-hydroxylation sites is 2. The maximum atomic E-state index is 13.1. The van der Waals surface area contributed by atoms with E-state index < -0.39 is 5.60 Å². The summed E-state index contributed by atoms with van der Waals surface area (Å²) in [5, 5.41) is 3.15. The molecule has 2 aromatic carbocycles. The van der Waals surface area contributed by atoms with E-state index in [4.69, 9.17) is 9.47 Å². The van der Waals surface area contributed by atoms with Gasteiger partial charge in [-0.1, -0.05) is 30.3 Å². The molecule has 2 fully saturated rings. The van der Waals surface area contributed by atoms with Crippen molar-refractivity contribution in [2.24, 2.45) is 17.8 Å². The van der Waals surface area contributed by atoms with Crippen LogP contribution in [0.25, 0.3) is 0 Å². The predicted octanol–water partition coefficient (Wildman–Crippen LogP) is 3.93. The van der Waals surface area contributed by atoms with Crippen molar-refractivity contribution in [2.75, 3.05) is 7.11 Å². The second-order valence-corrected chi connectivity index (χ2v) is 8.49. The van der Waals surface area contributed by atoms with Crippen molar-refractivity contribution in [1.82, 2.24) is 5.32 Å². The van der Waals surface area contributed by atoms with Gasteiger partial charge in [0, 0.05) is 17.4 Å². The van der Waals surface area contributed by atoms with Gasteiger partial charge in [-0.3, -0.25) is 9.59 Å². The standard InChI is InChI=1S/C24H25NO4/c1-14(15-7-3-5-9-19(15)28-2)25-23(27)21-17-11-12-24(22(17)21)13-18(26)16-8-4-6-10-20(16)29-24/h3-10,14,17,21-22H,11-13H2,1-2H3,(H,25,27)/t14-,17+,21-,22-,24+/m0/s1. The zero-order chi connectivity index (χ0) is 20.2. The molecule has 2 aromatic rings. The second-order valence-electron chi connectivity index (χ2n) is 8.49. The van der Waals surface area contributed by atoms with Crippen LogP contribution in [0, 0.1) is 17.8 Å². The van der Waals surface area contributed by atoms with Crippen molar-refractivity contribution in [2.45, 2.75) is 37.8 Å². The lowest BCUT2D eigenvalue weighted by Crippen LogP contribution is -2.44. The minimum Gasteiger partial charge on any atom is -0.496 e. The molecule has 1 heterocycles. The van der Waals surface area contributed by atoms with Crippen molar-refractivity contribution in [1.29, 1.82) is 0 Å². The largest absolute Gasteiger partial charge is 0.496 e. The van der Waals surface area contributed by atoms with Gasteiger partial charge in [0.15, 0.2) is 5.78 Å². The number of methoxy groups -OCH3 is 1. The zero-order valence-electron chi connectivity index (χ0n) is 16.7. The minimum absolute atomic E-state index is 0.0485. The topological polar surface area (TPSA) is 64.6 Å². The van der Waals surface area contributed by atoms with Gasteiger partial charge in [0.1, 0.15) is 17.1 Å². The fourth-order valence-corrected chi connectivity index (χ4v) is 5.53. The number of fused-ring (bicyclic) bond motifs is 3. The van der Waals surface area contributed by atoms with Gasteiger partial charge < -0.3 is 14.8 Å². The summed E-state index contributed by atoms with van der Waals surface area (Å²) < 4.78 is 11.8. The highest BCUT2D eigenvalue weighted by Gasteiger charge is 2.70. The number of ketones is 1. The SMILES string of the molecule is COc1ccccc1[C@H](C)NC(=O)[C@H]1[C@H]2CC[C@@]3(CC(=O)c4ccccc4O3)[C@@H]21. The molecule has 0 unspecified atom stereocenters. The molecule has 3 aliphatic rings. The average molecular weight is 391 g/mol. The molecule has 0 radical (unpaired) electrons. The first-order valence-electron chi connectivity index (χ1n) is 10.3. The molecule has 0 saturated heterocycles. The number of hydrogen-bond donors (Lipinski definition) is 1. The maximum absolute atomic E-state index is 13.1. The van der Waals surface area contributed by atoms with Crippen LogP contribution in [-0.2, 0) is 4.79 Å². The van der Waals surface area contributed by atoms with E-state index in [9.17, 15) is 9.59 Å². The van der Waals surface area contributed by atoms with E-state index in [1.54, 1.807) is 7.11 Å². The first kappa shape index (κ1) is 18.2. The van der Waals surface area contributed by atoms with Crippen molar-refractivity contribution in [3.8, 4) is 11.5 Å². The van der Waals surface area contributed by atoms with Crippen LogP contribution in [0.5, 0.6) is 11.5 Å². The number of Topliss-reactive ketones (excluding diaryl/α,β-unsaturated/α-hetero) is 1. The number of ether oxygens (including phenoxy) is 2. The van der Waals surface area contributed by atoms with Gasteiger partial charge in [-0.05, 0) is 43.9 Å². The third-order valence-electron chi connectivity index (χ3n) is 6.90. The fraction of sp³-hybridized carbons (Fsp3) is 0.417. The summed E-state index contributed by atoms with van der Waals surface area (Å²) in [6.07, 6.45) is 2.15. The molecule has 2 aliphatic carbocycles. The van der Waals surface area contributed by atoms with E-state index in [1.807, 2.05) is 55.5 Å². The molecule has 29 heavy (non-hydrogen) atoms. The Bertz CT molecular complexity index is 986. The van der Waals surface area contributed by atoms with Crippen molar-refractivity contribution in [3.05, 3.63) is 59.7 Å². The first-order valence-corrected chi connectivity index (χ1v) is 10.3. The molecule has 0 bridgehead atoms. The quantitative estimate of drug-likeness (QED) is 0.858. The molecular formula is C24H25NO4. The van der Waals surface area contributed by atoms with Crippen LogP contribution in [0.15, 0.2) is 48.5 Å². The summed E-state index contributed by atoms with van der Waals surface area (Å²) in [4.78, 5) is 25.8. The number of benzene rings is 2. The van der Waals surface area contributed by atoms with Gasteiger partial charge in [0.25, 0.3) is 0 Å². The van der Waals surface area contributed by atoms with Gasteiger partial charge in [0.2, 0.25) is 5.91 Å². The van der Waals surface area contributed by atoms with Crippen LogP contribution in [0.1, 0.15) is 48.1 Å². The number of amides is 1. The molecule has 5 rings (SSSR count). The molecular weight excluding hydrogens is 366 g/mol. The van der Waals surface area contributed by atoms with Gasteiger partial charge in [-0.2, -0.15) is 0 Å². The third-order valence-corrected chi connectivity index (χ3v) is 6.90. The van der Waals surface area contributed by atoms with Gasteiger partial charge >= 0.3 is 0 Å². The van der Waals surface area contributed by atoms with Gasteiger partial charge in [-0.25, -0.2) is 0 Å². The van der Waals surface area contributed by atoms with Crippen LogP contribution >= 0.6 is 0 Å². The maximum Gasteiger partial charge on any atom is 0.224 e. The molecule has 5 atom stereocenters. The Morgan fingerprint density at radius 1 is 1.21 bits per heavy atom. The Balaban J connectivity index is 1.32. The molecule has 150 valence electrons. The number of hydrogen-bond acceptors (Lipinski definition) is 4. The Morgan fingerprint density at radius 3 is 2.79 bits per heavy atom. The lowest BCUT2D eigenvalue weighted by atomic mass is 9.84. The van der Waals surface area contributed by atoms with E-state index in [-0.39, 0.29) is 29.6 Å². The van der Waals surface area contributed by atoms with E-state index in [0.717, 1.165) is 24.2 Å². The molecule has 5 heteroatoms. The molecule has 0 aromatic heterocycles. The summed E-state index contributed by atoms with van der Waals surface area (Å²) in [6.45, 7) is 1.97. The molecule has 1 amide bonds. The Kier molecular flexibility index (Phi) is 4.16. The molecule has 1 aliphatic heterocycles. The Hall–Kier alpha value is -2.82. The lowest BCUT2D eigenvalue weighted by molar-refractivity contribution is -0.124. The summed E-state index contributed by atoms with van der Waals surface area (Å²) >= 11 is 0. The first-order chi connectivity index (χ1) is 14.0. The summed E-state index contributed by atoms with van der Waals surface area (Å²) in [5.74, 6) is 1.94. The van der Waals surface area contributed by atoms with Crippen LogP contribution in [0.4, 0.5) is 0 Å². The lowest BCUT2D eigenvalue weighted by Gasteiger charge is -2.37. The van der Waals surface area contributed by atoms with Crippen LogP contribution in [0.2, 0.25) is 0 Å². The second kappa shape index (κ2) is 6.61. The smallest absolute Gasteiger partial charge is 0.224 e. The van der Waals surface area contributed by atoms with Crippen molar-refractivity contribution < 1.29 is 19.1 Å². The van der Waals surface area contributed by atoms with Crippen molar-refractivity contribution in [3.63, 3.8) is 0 Å². The monoisotopic (exact) mass is 391 g/mol. The van der Waals surface area contributed by atoms with Crippen LogP contribution in [-0.4, -0.2) is 24.4 Å².